The van der Waals surface area contributed by atoms with Gasteiger partial charge in [-0.1, -0.05) is 5.57 Å². The van der Waals surface area contributed by atoms with Gasteiger partial charge in [-0.15, -0.1) is 6.58 Å². The molecular weight excluding hydrogens is 138 g/mol. The van der Waals surface area contributed by atoms with E-state index in [0.717, 1.165) is 26.2 Å². The third kappa shape index (κ3) is 2.64. The van der Waals surface area contributed by atoms with Gasteiger partial charge in [-0.25, -0.2) is 0 Å². The first-order valence-electron chi connectivity index (χ1n) is 4.12. The van der Waals surface area contributed by atoms with Crippen LogP contribution >= 0.6 is 0 Å². The molecule has 2 heteroatoms. The molecule has 64 valence electrons. The standard InChI is InChI=1S/C9H17NO/c1-8(2)4-5-10(3)9-6-11-7-9/h9H,1,4-7H2,2-3H3. The first-order valence-corrected chi connectivity index (χ1v) is 4.12. The summed E-state index contributed by atoms with van der Waals surface area (Å²) in [7, 11) is 2.15. The van der Waals surface area contributed by atoms with E-state index >= 15 is 0 Å². The smallest absolute Gasteiger partial charge is 0.0645 e. The molecule has 0 amide bonds. The predicted molar refractivity (Wildman–Crippen MR) is 46.7 cm³/mol. The molecule has 0 N–H and O–H groups in total. The highest BCUT2D eigenvalue weighted by Crippen LogP contribution is 2.09. The minimum Gasteiger partial charge on any atom is -0.378 e. The van der Waals surface area contributed by atoms with Gasteiger partial charge in [-0.2, -0.15) is 0 Å². The van der Waals surface area contributed by atoms with Crippen molar-refractivity contribution in [3.8, 4) is 0 Å². The molecule has 11 heavy (non-hydrogen) atoms. The van der Waals surface area contributed by atoms with E-state index in [2.05, 4.69) is 25.5 Å². The maximum Gasteiger partial charge on any atom is 0.0645 e. The summed E-state index contributed by atoms with van der Waals surface area (Å²) in [6, 6.07) is 0.661. The van der Waals surface area contributed by atoms with Gasteiger partial charge < -0.3 is 4.74 Å². The zero-order valence-electron chi connectivity index (χ0n) is 7.47. The van der Waals surface area contributed by atoms with Crippen molar-refractivity contribution in [2.45, 2.75) is 19.4 Å². The highest BCUT2D eigenvalue weighted by Gasteiger charge is 2.22. The molecule has 0 saturated carbocycles. The van der Waals surface area contributed by atoms with Gasteiger partial charge in [0.2, 0.25) is 0 Å². The molecule has 0 aromatic rings. The van der Waals surface area contributed by atoms with Crippen LogP contribution in [0.2, 0.25) is 0 Å². The van der Waals surface area contributed by atoms with Crippen molar-refractivity contribution in [3.05, 3.63) is 12.2 Å². The van der Waals surface area contributed by atoms with Crippen LogP contribution in [0.1, 0.15) is 13.3 Å². The lowest BCUT2D eigenvalue weighted by molar-refractivity contribution is -0.0555. The lowest BCUT2D eigenvalue weighted by Crippen LogP contribution is -2.47. The third-order valence-corrected chi connectivity index (χ3v) is 2.14. The second-order valence-corrected chi connectivity index (χ2v) is 3.38. The molecule has 0 spiro atoms. The minimum absolute atomic E-state index is 0.661. The molecule has 0 aromatic heterocycles. The lowest BCUT2D eigenvalue weighted by atomic mass is 10.2. The van der Waals surface area contributed by atoms with Gasteiger partial charge in [0.25, 0.3) is 0 Å². The Morgan fingerprint density at radius 1 is 1.64 bits per heavy atom. The molecule has 1 saturated heterocycles. The summed E-state index contributed by atoms with van der Waals surface area (Å²) >= 11 is 0. The SMILES string of the molecule is C=C(C)CCN(C)C1COC1. The summed E-state index contributed by atoms with van der Waals surface area (Å²) in [5, 5.41) is 0. The molecule has 1 aliphatic heterocycles. The molecule has 1 rings (SSSR count). The van der Waals surface area contributed by atoms with Crippen molar-refractivity contribution in [1.82, 2.24) is 4.90 Å². The van der Waals surface area contributed by atoms with Crippen LogP contribution < -0.4 is 0 Å². The van der Waals surface area contributed by atoms with Crippen LogP contribution in [0.4, 0.5) is 0 Å². The molecule has 2 nitrogen and oxygen atoms in total. The molecular formula is C9H17NO. The normalized spacial score (nSPS) is 18.5. The number of hydrogen-bond donors (Lipinski definition) is 0. The number of nitrogens with zero attached hydrogens (tertiary/aromatic N) is 1. The van der Waals surface area contributed by atoms with E-state index < -0.39 is 0 Å². The number of rotatable bonds is 4. The first kappa shape index (κ1) is 8.75. The highest BCUT2D eigenvalue weighted by atomic mass is 16.5. The Morgan fingerprint density at radius 3 is 2.64 bits per heavy atom. The van der Waals surface area contributed by atoms with Crippen molar-refractivity contribution in [1.29, 1.82) is 0 Å². The highest BCUT2D eigenvalue weighted by molar-refractivity contribution is 4.89. The fourth-order valence-electron chi connectivity index (χ4n) is 1.03. The fraction of sp³-hybridized carbons (Fsp3) is 0.778. The Hall–Kier alpha value is -0.340. The van der Waals surface area contributed by atoms with E-state index in [1.807, 2.05) is 0 Å². The van der Waals surface area contributed by atoms with Crippen LogP contribution in [0.5, 0.6) is 0 Å². The maximum atomic E-state index is 5.10. The van der Waals surface area contributed by atoms with Crippen molar-refractivity contribution in [2.75, 3.05) is 26.8 Å². The van der Waals surface area contributed by atoms with Crippen LogP contribution in [0.25, 0.3) is 0 Å². The monoisotopic (exact) mass is 155 g/mol. The van der Waals surface area contributed by atoms with Gasteiger partial charge in [0.1, 0.15) is 0 Å². The minimum atomic E-state index is 0.661. The van der Waals surface area contributed by atoms with Gasteiger partial charge >= 0.3 is 0 Å². The van der Waals surface area contributed by atoms with Gasteiger partial charge in [-0.3, -0.25) is 4.90 Å². The van der Waals surface area contributed by atoms with E-state index in [4.69, 9.17) is 4.74 Å². The van der Waals surface area contributed by atoms with Gasteiger partial charge in [0, 0.05) is 6.54 Å². The summed E-state index contributed by atoms with van der Waals surface area (Å²) in [5.74, 6) is 0. The molecule has 0 aliphatic carbocycles. The first-order chi connectivity index (χ1) is 5.20. The second kappa shape index (κ2) is 3.88. The number of hydrogen-bond acceptors (Lipinski definition) is 2. The summed E-state index contributed by atoms with van der Waals surface area (Å²) in [6.45, 7) is 8.88. The van der Waals surface area contributed by atoms with Crippen LogP contribution in [-0.2, 0) is 4.74 Å². The summed E-state index contributed by atoms with van der Waals surface area (Å²) in [6.07, 6.45) is 1.10. The van der Waals surface area contributed by atoms with Gasteiger partial charge in [0.15, 0.2) is 0 Å². The Kier molecular flexibility index (Phi) is 3.09. The predicted octanol–water partition coefficient (Wildman–Crippen LogP) is 1.28. The Morgan fingerprint density at radius 2 is 2.27 bits per heavy atom. The second-order valence-electron chi connectivity index (χ2n) is 3.38. The van der Waals surface area contributed by atoms with Crippen LogP contribution in [-0.4, -0.2) is 37.7 Å². The summed E-state index contributed by atoms with van der Waals surface area (Å²) in [4.78, 5) is 2.35. The Bertz CT molecular complexity index is 140. The average molecular weight is 155 g/mol. The van der Waals surface area contributed by atoms with E-state index in [-0.39, 0.29) is 0 Å². The number of ether oxygens (including phenoxy) is 1. The van der Waals surface area contributed by atoms with Crippen molar-refractivity contribution >= 4 is 0 Å². The molecule has 0 radical (unpaired) electrons. The third-order valence-electron chi connectivity index (χ3n) is 2.14. The Labute approximate surface area is 68.8 Å². The van der Waals surface area contributed by atoms with Crippen molar-refractivity contribution in [3.63, 3.8) is 0 Å². The Balaban J connectivity index is 2.09. The van der Waals surface area contributed by atoms with E-state index in [9.17, 15) is 0 Å². The molecule has 0 unspecified atom stereocenters. The molecule has 1 fully saturated rings. The summed E-state index contributed by atoms with van der Waals surface area (Å²) in [5.41, 5.74) is 1.26. The van der Waals surface area contributed by atoms with E-state index in [0.29, 0.717) is 6.04 Å². The average Bonchev–Trinajstić information content (AvgIpc) is 1.79. The fourth-order valence-corrected chi connectivity index (χ4v) is 1.03. The van der Waals surface area contributed by atoms with Crippen LogP contribution in [0.15, 0.2) is 12.2 Å². The van der Waals surface area contributed by atoms with Crippen molar-refractivity contribution in [2.24, 2.45) is 0 Å². The van der Waals surface area contributed by atoms with E-state index in [1.165, 1.54) is 5.57 Å². The maximum absolute atomic E-state index is 5.10. The zero-order chi connectivity index (χ0) is 8.27. The lowest BCUT2D eigenvalue weighted by Gasteiger charge is -2.34. The number of likely N-dealkylation sites (N-methyl/N-ethyl adjacent to an activating group) is 1. The van der Waals surface area contributed by atoms with Crippen LogP contribution in [0.3, 0.4) is 0 Å². The molecule has 1 aliphatic rings. The molecule has 0 aromatic carbocycles. The molecule has 1 heterocycles. The van der Waals surface area contributed by atoms with Crippen LogP contribution in [0, 0.1) is 0 Å². The molecule has 0 atom stereocenters. The van der Waals surface area contributed by atoms with E-state index in [1.54, 1.807) is 0 Å². The largest absolute Gasteiger partial charge is 0.378 e. The zero-order valence-corrected chi connectivity index (χ0v) is 7.47. The topological polar surface area (TPSA) is 12.5 Å². The quantitative estimate of drug-likeness (QED) is 0.567. The van der Waals surface area contributed by atoms with Crippen molar-refractivity contribution < 1.29 is 4.74 Å². The summed E-state index contributed by atoms with van der Waals surface area (Å²) < 4.78 is 5.10. The van der Waals surface area contributed by atoms with Gasteiger partial charge in [0.05, 0.1) is 19.3 Å². The van der Waals surface area contributed by atoms with Gasteiger partial charge in [-0.05, 0) is 20.4 Å². The molecule has 0 bridgehead atoms.